The molecule has 98 valence electrons. The van der Waals surface area contributed by atoms with E-state index in [-0.39, 0.29) is 6.10 Å². The highest BCUT2D eigenvalue weighted by Crippen LogP contribution is 2.34. The van der Waals surface area contributed by atoms with E-state index in [4.69, 9.17) is 16.3 Å². The Morgan fingerprint density at radius 2 is 1.94 bits per heavy atom. The lowest BCUT2D eigenvalue weighted by Crippen LogP contribution is -2.52. The molecule has 2 saturated heterocycles. The first-order valence-corrected chi connectivity index (χ1v) is 6.98. The third-order valence-corrected chi connectivity index (χ3v) is 4.39. The molecule has 3 heterocycles. The summed E-state index contributed by atoms with van der Waals surface area (Å²) in [6.45, 7) is 0. The van der Waals surface area contributed by atoms with Gasteiger partial charge in [-0.25, -0.2) is 0 Å². The highest BCUT2D eigenvalue weighted by molar-refractivity contribution is 6.29. The lowest BCUT2D eigenvalue weighted by molar-refractivity contribution is -0.00175. The Hall–Kier alpha value is -0.870. The van der Waals surface area contributed by atoms with E-state index in [2.05, 4.69) is 22.1 Å². The monoisotopic (exact) mass is 267 g/mol. The Labute approximate surface area is 112 Å². The minimum atomic E-state index is 0.270. The van der Waals surface area contributed by atoms with Crippen LogP contribution in [0.3, 0.4) is 0 Å². The van der Waals surface area contributed by atoms with Crippen molar-refractivity contribution in [2.24, 2.45) is 0 Å². The summed E-state index contributed by atoms with van der Waals surface area (Å²) in [5.74, 6) is 0.590. The Bertz CT molecular complexity index is 397. The molecule has 1 aromatic heterocycles. The van der Waals surface area contributed by atoms with Gasteiger partial charge in [0.25, 0.3) is 0 Å². The maximum absolute atomic E-state index is 5.94. The Morgan fingerprint density at radius 1 is 1.22 bits per heavy atom. The minimum absolute atomic E-state index is 0.270. The lowest BCUT2D eigenvalue weighted by Gasteiger charge is -2.46. The van der Waals surface area contributed by atoms with E-state index in [1.165, 1.54) is 19.3 Å². The molecule has 5 heteroatoms. The van der Waals surface area contributed by atoms with Crippen LogP contribution in [0.4, 0.5) is 0 Å². The van der Waals surface area contributed by atoms with Crippen LogP contribution in [0.5, 0.6) is 5.88 Å². The fourth-order valence-corrected chi connectivity index (χ4v) is 3.30. The van der Waals surface area contributed by atoms with Crippen molar-refractivity contribution in [2.75, 3.05) is 7.05 Å². The second kappa shape index (κ2) is 5.02. The van der Waals surface area contributed by atoms with Crippen LogP contribution in [-0.4, -0.2) is 40.3 Å². The fraction of sp³-hybridized carbons (Fsp3) is 0.692. The average Bonchev–Trinajstić information content (AvgIpc) is 2.33. The summed E-state index contributed by atoms with van der Waals surface area (Å²) in [5.41, 5.74) is 0. The van der Waals surface area contributed by atoms with Crippen molar-refractivity contribution in [1.82, 2.24) is 15.1 Å². The van der Waals surface area contributed by atoms with Gasteiger partial charge in [-0.1, -0.05) is 18.0 Å². The van der Waals surface area contributed by atoms with Gasteiger partial charge in [0.05, 0.1) is 0 Å². The van der Waals surface area contributed by atoms with Crippen molar-refractivity contribution in [3.8, 4) is 5.88 Å². The van der Waals surface area contributed by atoms with E-state index in [0.29, 0.717) is 23.1 Å². The molecule has 0 aromatic carbocycles. The van der Waals surface area contributed by atoms with Crippen molar-refractivity contribution in [2.45, 2.75) is 50.3 Å². The molecular formula is C13H18ClN3O. The molecule has 3 atom stereocenters. The highest BCUT2D eigenvalue weighted by Gasteiger charge is 2.36. The zero-order valence-electron chi connectivity index (χ0n) is 10.6. The van der Waals surface area contributed by atoms with Gasteiger partial charge in [0.1, 0.15) is 6.10 Å². The van der Waals surface area contributed by atoms with Crippen LogP contribution in [0, 0.1) is 0 Å². The summed E-state index contributed by atoms with van der Waals surface area (Å²) in [7, 11) is 2.24. The molecule has 2 aliphatic heterocycles. The molecule has 3 rings (SSSR count). The number of fused-ring (bicyclic) bond motifs is 2. The predicted octanol–water partition coefficient (Wildman–Crippen LogP) is 2.52. The minimum Gasteiger partial charge on any atom is -0.473 e. The number of halogens is 1. The molecule has 4 nitrogen and oxygen atoms in total. The van der Waals surface area contributed by atoms with Gasteiger partial charge >= 0.3 is 0 Å². The van der Waals surface area contributed by atoms with Crippen LogP contribution in [0.2, 0.25) is 5.15 Å². The molecule has 0 spiro atoms. The zero-order valence-corrected chi connectivity index (χ0v) is 11.3. The Morgan fingerprint density at radius 3 is 2.56 bits per heavy atom. The van der Waals surface area contributed by atoms with Gasteiger partial charge in [-0.15, -0.1) is 10.2 Å². The quantitative estimate of drug-likeness (QED) is 0.825. The number of ether oxygens (including phenoxy) is 1. The van der Waals surface area contributed by atoms with Gasteiger partial charge in [0.15, 0.2) is 5.15 Å². The van der Waals surface area contributed by atoms with Crippen molar-refractivity contribution in [1.29, 1.82) is 0 Å². The predicted molar refractivity (Wildman–Crippen MR) is 69.9 cm³/mol. The molecule has 1 unspecified atom stereocenters. The number of hydrogen-bond donors (Lipinski definition) is 0. The Balaban J connectivity index is 1.66. The first-order chi connectivity index (χ1) is 8.72. The smallest absolute Gasteiger partial charge is 0.233 e. The van der Waals surface area contributed by atoms with Gasteiger partial charge in [0, 0.05) is 18.2 Å². The molecule has 0 aliphatic carbocycles. The van der Waals surface area contributed by atoms with Crippen molar-refractivity contribution >= 4 is 11.6 Å². The fourth-order valence-electron chi connectivity index (χ4n) is 3.20. The van der Waals surface area contributed by atoms with Gasteiger partial charge < -0.3 is 9.64 Å². The summed E-state index contributed by atoms with van der Waals surface area (Å²) in [4.78, 5) is 2.52. The van der Waals surface area contributed by atoms with Crippen molar-refractivity contribution in [3.05, 3.63) is 17.3 Å². The number of aromatic nitrogens is 2. The molecule has 0 saturated carbocycles. The largest absolute Gasteiger partial charge is 0.473 e. The molecule has 0 radical (unpaired) electrons. The molecule has 2 aliphatic rings. The number of nitrogens with zero attached hydrogens (tertiary/aromatic N) is 3. The van der Waals surface area contributed by atoms with E-state index in [1.807, 2.05) is 0 Å². The van der Waals surface area contributed by atoms with E-state index >= 15 is 0 Å². The van der Waals surface area contributed by atoms with Gasteiger partial charge in [0.2, 0.25) is 5.88 Å². The van der Waals surface area contributed by atoms with Gasteiger partial charge in [-0.05, 0) is 38.8 Å². The van der Waals surface area contributed by atoms with Crippen LogP contribution in [0.1, 0.15) is 32.1 Å². The average molecular weight is 268 g/mol. The number of rotatable bonds is 2. The zero-order chi connectivity index (χ0) is 12.5. The summed E-state index contributed by atoms with van der Waals surface area (Å²) in [5, 5.41) is 8.18. The van der Waals surface area contributed by atoms with E-state index in [1.54, 1.807) is 12.1 Å². The number of hydrogen-bond acceptors (Lipinski definition) is 4. The second-order valence-electron chi connectivity index (χ2n) is 5.31. The molecule has 0 N–H and O–H groups in total. The summed E-state index contributed by atoms with van der Waals surface area (Å²) in [6, 6.07) is 4.86. The maximum Gasteiger partial charge on any atom is 0.233 e. The summed E-state index contributed by atoms with van der Waals surface area (Å²) in [6.07, 6.45) is 6.40. The van der Waals surface area contributed by atoms with E-state index in [0.717, 1.165) is 12.8 Å². The summed E-state index contributed by atoms with van der Waals surface area (Å²) < 4.78 is 5.94. The van der Waals surface area contributed by atoms with Crippen molar-refractivity contribution in [3.63, 3.8) is 0 Å². The van der Waals surface area contributed by atoms with Gasteiger partial charge in [-0.2, -0.15) is 0 Å². The second-order valence-corrected chi connectivity index (χ2v) is 5.70. The standard InChI is InChI=1S/C13H18ClN3O/c1-17-9-3-2-4-10(17)8-11(7-9)18-13-6-5-12(14)15-16-13/h5-6,9-11H,2-4,7-8H2,1H3/t9-,10+,11?. The SMILES string of the molecule is CN1[C@@H]2CCC[C@H]1CC(Oc1ccc(Cl)nn1)C2. The third-order valence-electron chi connectivity index (χ3n) is 4.19. The van der Waals surface area contributed by atoms with Crippen LogP contribution in [0.15, 0.2) is 12.1 Å². The first-order valence-electron chi connectivity index (χ1n) is 6.60. The van der Waals surface area contributed by atoms with Crippen LogP contribution >= 0.6 is 11.6 Å². The highest BCUT2D eigenvalue weighted by atomic mass is 35.5. The summed E-state index contributed by atoms with van der Waals surface area (Å²) >= 11 is 5.72. The molecule has 0 amide bonds. The molecule has 2 bridgehead atoms. The molecule has 18 heavy (non-hydrogen) atoms. The van der Waals surface area contributed by atoms with Crippen LogP contribution < -0.4 is 4.74 Å². The topological polar surface area (TPSA) is 38.2 Å². The first kappa shape index (κ1) is 12.2. The van der Waals surface area contributed by atoms with Crippen LogP contribution in [0.25, 0.3) is 0 Å². The van der Waals surface area contributed by atoms with E-state index < -0.39 is 0 Å². The van der Waals surface area contributed by atoms with Crippen LogP contribution in [-0.2, 0) is 0 Å². The maximum atomic E-state index is 5.94. The van der Waals surface area contributed by atoms with E-state index in [9.17, 15) is 0 Å². The third kappa shape index (κ3) is 2.45. The number of piperidine rings is 2. The molecule has 1 aromatic rings. The molecule has 2 fully saturated rings. The van der Waals surface area contributed by atoms with Gasteiger partial charge in [-0.3, -0.25) is 0 Å². The lowest BCUT2D eigenvalue weighted by atomic mass is 9.83. The normalized spacial score (nSPS) is 32.2. The molecular weight excluding hydrogens is 250 g/mol. The van der Waals surface area contributed by atoms with Crippen molar-refractivity contribution < 1.29 is 4.74 Å². The Kier molecular flexibility index (Phi) is 3.39.